The number of hydrogen-bond donors (Lipinski definition) is 1. The van der Waals surface area contributed by atoms with Gasteiger partial charge in [-0.1, -0.05) is 0 Å². The highest BCUT2D eigenvalue weighted by Gasteiger charge is 2.26. The van der Waals surface area contributed by atoms with E-state index < -0.39 is 15.8 Å². The van der Waals surface area contributed by atoms with Crippen LogP contribution in [-0.2, 0) is 9.84 Å². The monoisotopic (exact) mass is 256 g/mol. The van der Waals surface area contributed by atoms with Crippen LogP contribution in [0.3, 0.4) is 0 Å². The first-order valence-corrected chi connectivity index (χ1v) is 7.01. The summed E-state index contributed by atoms with van der Waals surface area (Å²) in [6, 6.07) is 3.90. The zero-order valence-corrected chi connectivity index (χ0v) is 10.0. The van der Waals surface area contributed by atoms with Crippen molar-refractivity contribution < 1.29 is 23.1 Å². The maximum atomic E-state index is 11.3. The van der Waals surface area contributed by atoms with Crippen LogP contribution >= 0.6 is 0 Å². The molecule has 1 aliphatic carbocycles. The molecule has 0 spiro atoms. The predicted molar refractivity (Wildman–Crippen MR) is 60.2 cm³/mol. The first-order valence-electron chi connectivity index (χ1n) is 5.12. The van der Waals surface area contributed by atoms with Gasteiger partial charge in [-0.3, -0.25) is 0 Å². The Balaban J connectivity index is 2.43. The van der Waals surface area contributed by atoms with Gasteiger partial charge in [-0.05, 0) is 31.0 Å². The number of rotatable bonds is 4. The summed E-state index contributed by atoms with van der Waals surface area (Å²) < 4.78 is 28.0. The second-order valence-corrected chi connectivity index (χ2v) is 6.07. The van der Waals surface area contributed by atoms with Gasteiger partial charge in [-0.25, -0.2) is 13.2 Å². The molecule has 2 rings (SSSR count). The highest BCUT2D eigenvalue weighted by molar-refractivity contribution is 7.90. The van der Waals surface area contributed by atoms with Crippen molar-refractivity contribution in [2.45, 2.75) is 23.8 Å². The number of hydrogen-bond acceptors (Lipinski definition) is 4. The topological polar surface area (TPSA) is 80.7 Å². The van der Waals surface area contributed by atoms with Crippen LogP contribution in [-0.4, -0.2) is 31.9 Å². The first-order chi connectivity index (χ1) is 7.88. The molecule has 0 heterocycles. The van der Waals surface area contributed by atoms with Gasteiger partial charge in [0.2, 0.25) is 0 Å². The van der Waals surface area contributed by atoms with Crippen LogP contribution in [0.25, 0.3) is 0 Å². The van der Waals surface area contributed by atoms with Crippen LogP contribution in [0.15, 0.2) is 23.1 Å². The standard InChI is InChI=1S/C11H12O5S/c1-17(14,15)8-4-5-10(16-7-2-3-7)9(6-8)11(12)13/h4-7H,2-3H2,1H3,(H,12,13). The van der Waals surface area contributed by atoms with Crippen molar-refractivity contribution in [1.82, 2.24) is 0 Å². The molecular weight excluding hydrogens is 244 g/mol. The van der Waals surface area contributed by atoms with E-state index in [1.54, 1.807) is 0 Å². The van der Waals surface area contributed by atoms with Crippen LogP contribution in [0, 0.1) is 0 Å². The molecule has 92 valence electrons. The number of ether oxygens (including phenoxy) is 1. The molecule has 5 nitrogen and oxygen atoms in total. The minimum Gasteiger partial charge on any atom is -0.490 e. The Morgan fingerprint density at radius 3 is 2.53 bits per heavy atom. The van der Waals surface area contributed by atoms with Crippen molar-refractivity contribution in [3.05, 3.63) is 23.8 Å². The molecule has 1 aromatic rings. The number of sulfone groups is 1. The molecule has 1 aliphatic rings. The molecule has 1 fully saturated rings. The van der Waals surface area contributed by atoms with Crippen LogP contribution in [0.2, 0.25) is 0 Å². The number of carboxylic acids is 1. The molecule has 0 bridgehead atoms. The third-order valence-electron chi connectivity index (χ3n) is 2.43. The Kier molecular flexibility index (Phi) is 2.82. The van der Waals surface area contributed by atoms with E-state index in [4.69, 9.17) is 9.84 Å². The number of carbonyl (C=O) groups is 1. The lowest BCUT2D eigenvalue weighted by molar-refractivity contribution is 0.0691. The third-order valence-corrected chi connectivity index (χ3v) is 3.54. The van der Waals surface area contributed by atoms with E-state index >= 15 is 0 Å². The third kappa shape index (κ3) is 2.76. The second kappa shape index (κ2) is 4.03. The van der Waals surface area contributed by atoms with Crippen molar-refractivity contribution in [3.63, 3.8) is 0 Å². The van der Waals surface area contributed by atoms with Crippen molar-refractivity contribution >= 4 is 15.8 Å². The van der Waals surface area contributed by atoms with Crippen molar-refractivity contribution in [3.8, 4) is 5.75 Å². The van der Waals surface area contributed by atoms with E-state index in [-0.39, 0.29) is 22.3 Å². The fourth-order valence-corrected chi connectivity index (χ4v) is 2.02. The van der Waals surface area contributed by atoms with Gasteiger partial charge in [0.15, 0.2) is 9.84 Å². The van der Waals surface area contributed by atoms with Crippen LogP contribution in [0.5, 0.6) is 5.75 Å². The second-order valence-electron chi connectivity index (χ2n) is 4.05. The molecular formula is C11H12O5S. The summed E-state index contributed by atoms with van der Waals surface area (Å²) in [6.07, 6.45) is 2.92. The lowest BCUT2D eigenvalue weighted by Crippen LogP contribution is -2.07. The minimum absolute atomic E-state index is 0.0157. The smallest absolute Gasteiger partial charge is 0.339 e. The van der Waals surface area contributed by atoms with Gasteiger partial charge in [0.1, 0.15) is 11.3 Å². The van der Waals surface area contributed by atoms with Gasteiger partial charge in [0.05, 0.1) is 11.0 Å². The molecule has 0 aliphatic heterocycles. The van der Waals surface area contributed by atoms with Crippen LogP contribution < -0.4 is 4.74 Å². The predicted octanol–water partition coefficient (Wildman–Crippen LogP) is 1.33. The Morgan fingerprint density at radius 1 is 1.41 bits per heavy atom. The Bertz CT molecular complexity index is 557. The van der Waals surface area contributed by atoms with E-state index in [9.17, 15) is 13.2 Å². The molecule has 0 saturated heterocycles. The molecule has 6 heteroatoms. The van der Waals surface area contributed by atoms with Gasteiger partial charge in [-0.15, -0.1) is 0 Å². The maximum absolute atomic E-state index is 11.3. The highest BCUT2D eigenvalue weighted by Crippen LogP contribution is 2.30. The summed E-state index contributed by atoms with van der Waals surface area (Å²) in [5.74, 6) is -0.960. The summed E-state index contributed by atoms with van der Waals surface area (Å²) in [6.45, 7) is 0. The van der Waals surface area contributed by atoms with Crippen molar-refractivity contribution in [2.24, 2.45) is 0 Å². The quantitative estimate of drug-likeness (QED) is 0.879. The average molecular weight is 256 g/mol. The van der Waals surface area contributed by atoms with E-state index in [0.717, 1.165) is 25.2 Å². The number of aromatic carboxylic acids is 1. The first kappa shape index (κ1) is 11.9. The fraction of sp³-hybridized carbons (Fsp3) is 0.364. The zero-order valence-electron chi connectivity index (χ0n) is 9.21. The van der Waals surface area contributed by atoms with E-state index in [0.29, 0.717) is 0 Å². The molecule has 0 aromatic heterocycles. The Hall–Kier alpha value is -1.56. The van der Waals surface area contributed by atoms with Gasteiger partial charge in [0.25, 0.3) is 0 Å². The van der Waals surface area contributed by atoms with Gasteiger partial charge >= 0.3 is 5.97 Å². The molecule has 1 N–H and O–H groups in total. The lowest BCUT2D eigenvalue weighted by atomic mass is 10.2. The average Bonchev–Trinajstić information content (AvgIpc) is 3.00. The molecule has 0 amide bonds. The summed E-state index contributed by atoms with van der Waals surface area (Å²) in [5, 5.41) is 9.01. The number of benzene rings is 1. The van der Waals surface area contributed by atoms with E-state index in [1.165, 1.54) is 12.1 Å². The van der Waals surface area contributed by atoms with Crippen LogP contribution in [0.1, 0.15) is 23.2 Å². The van der Waals surface area contributed by atoms with Crippen LogP contribution in [0.4, 0.5) is 0 Å². The fourth-order valence-electron chi connectivity index (χ4n) is 1.38. The molecule has 0 unspecified atom stereocenters. The minimum atomic E-state index is -3.41. The summed E-state index contributed by atoms with van der Waals surface area (Å²) in [5.41, 5.74) is -0.111. The molecule has 0 atom stereocenters. The van der Waals surface area contributed by atoms with Gasteiger partial charge < -0.3 is 9.84 Å². The normalized spacial score (nSPS) is 15.6. The number of carboxylic acid groups (broad SMARTS) is 1. The van der Waals surface area contributed by atoms with Gasteiger partial charge in [0, 0.05) is 6.26 Å². The van der Waals surface area contributed by atoms with Gasteiger partial charge in [-0.2, -0.15) is 0 Å². The zero-order chi connectivity index (χ0) is 12.6. The summed E-state index contributed by atoms with van der Waals surface area (Å²) in [4.78, 5) is 11.0. The summed E-state index contributed by atoms with van der Waals surface area (Å²) >= 11 is 0. The van der Waals surface area contributed by atoms with E-state index in [1.807, 2.05) is 0 Å². The van der Waals surface area contributed by atoms with E-state index in [2.05, 4.69) is 0 Å². The lowest BCUT2D eigenvalue weighted by Gasteiger charge is -2.09. The largest absolute Gasteiger partial charge is 0.490 e. The SMILES string of the molecule is CS(=O)(=O)c1ccc(OC2CC2)c(C(=O)O)c1. The molecule has 1 saturated carbocycles. The van der Waals surface area contributed by atoms with Crippen molar-refractivity contribution in [2.75, 3.05) is 6.26 Å². The molecule has 17 heavy (non-hydrogen) atoms. The summed E-state index contributed by atoms with van der Waals surface area (Å²) in [7, 11) is -3.41. The van der Waals surface area contributed by atoms with Crippen molar-refractivity contribution in [1.29, 1.82) is 0 Å². The Morgan fingerprint density at radius 2 is 2.06 bits per heavy atom. The maximum Gasteiger partial charge on any atom is 0.339 e. The highest BCUT2D eigenvalue weighted by atomic mass is 32.2. The Labute approximate surface area is 98.9 Å². The molecule has 1 aromatic carbocycles. The molecule has 0 radical (unpaired) electrons.